The lowest BCUT2D eigenvalue weighted by atomic mass is 10.3. The molecule has 9 heteroatoms. The summed E-state index contributed by atoms with van der Waals surface area (Å²) >= 11 is 6.08. The standard InChI is InChI=1S/C16H19ClN6O2/c1-4-25-8-7-23-14-13(10(2)21-23)19-16(17)20-15(14)18-11-5-6-12(24)22(3)9-11/h5-6,9H,4,7-8H2,1-3H3,(H,18,19,20). The Balaban J connectivity index is 2.05. The lowest BCUT2D eigenvalue weighted by Crippen LogP contribution is -2.15. The highest BCUT2D eigenvalue weighted by Crippen LogP contribution is 2.27. The maximum atomic E-state index is 11.6. The van der Waals surface area contributed by atoms with E-state index in [4.69, 9.17) is 16.3 Å². The van der Waals surface area contributed by atoms with Crippen molar-refractivity contribution in [3.63, 3.8) is 0 Å². The number of fused-ring (bicyclic) bond motifs is 1. The Labute approximate surface area is 149 Å². The summed E-state index contributed by atoms with van der Waals surface area (Å²) in [5, 5.41) is 7.85. The van der Waals surface area contributed by atoms with Gasteiger partial charge in [-0.2, -0.15) is 10.1 Å². The molecule has 0 aliphatic carbocycles. The van der Waals surface area contributed by atoms with Crippen LogP contribution >= 0.6 is 11.6 Å². The van der Waals surface area contributed by atoms with Crippen LogP contribution in [0.4, 0.5) is 11.5 Å². The van der Waals surface area contributed by atoms with Crippen molar-refractivity contribution < 1.29 is 4.74 Å². The van der Waals surface area contributed by atoms with Crippen molar-refractivity contribution in [1.82, 2.24) is 24.3 Å². The highest BCUT2D eigenvalue weighted by molar-refractivity contribution is 6.28. The number of aromatic nitrogens is 5. The van der Waals surface area contributed by atoms with Crippen LogP contribution in [0, 0.1) is 6.92 Å². The first-order chi connectivity index (χ1) is 12.0. The SMILES string of the molecule is CCOCCn1nc(C)c2nc(Cl)nc(Nc3ccc(=O)n(C)c3)c21. The van der Waals surface area contributed by atoms with Crippen LogP contribution in [0.25, 0.3) is 11.0 Å². The van der Waals surface area contributed by atoms with Crippen LogP contribution in [-0.2, 0) is 18.3 Å². The molecule has 0 aliphatic rings. The summed E-state index contributed by atoms with van der Waals surface area (Å²) in [7, 11) is 1.69. The number of pyridine rings is 1. The molecule has 0 radical (unpaired) electrons. The van der Waals surface area contributed by atoms with Gasteiger partial charge in [-0.25, -0.2) is 4.98 Å². The molecule has 132 valence electrons. The van der Waals surface area contributed by atoms with Crippen LogP contribution in [-0.4, -0.2) is 37.5 Å². The summed E-state index contributed by atoms with van der Waals surface area (Å²) in [6.45, 7) is 5.57. The molecule has 3 aromatic heterocycles. The predicted molar refractivity (Wildman–Crippen MR) is 96.5 cm³/mol. The van der Waals surface area contributed by atoms with Crippen molar-refractivity contribution in [3.8, 4) is 0 Å². The van der Waals surface area contributed by atoms with Crippen molar-refractivity contribution in [2.75, 3.05) is 18.5 Å². The second kappa shape index (κ2) is 7.20. The van der Waals surface area contributed by atoms with Gasteiger partial charge in [0.2, 0.25) is 10.8 Å². The van der Waals surface area contributed by atoms with Crippen LogP contribution in [0.1, 0.15) is 12.6 Å². The average Bonchev–Trinajstić information content (AvgIpc) is 2.87. The zero-order valence-corrected chi connectivity index (χ0v) is 15.0. The Bertz CT molecular complexity index is 965. The van der Waals surface area contributed by atoms with E-state index in [2.05, 4.69) is 20.4 Å². The summed E-state index contributed by atoms with van der Waals surface area (Å²) in [6, 6.07) is 3.18. The molecule has 3 aromatic rings. The van der Waals surface area contributed by atoms with Gasteiger partial charge in [-0.05, 0) is 31.5 Å². The van der Waals surface area contributed by atoms with Crippen LogP contribution in [0.3, 0.4) is 0 Å². The van der Waals surface area contributed by atoms with E-state index < -0.39 is 0 Å². The quantitative estimate of drug-likeness (QED) is 0.534. The first-order valence-corrected chi connectivity index (χ1v) is 8.29. The zero-order valence-electron chi connectivity index (χ0n) is 14.3. The fourth-order valence-corrected chi connectivity index (χ4v) is 2.72. The number of hydrogen-bond donors (Lipinski definition) is 1. The van der Waals surface area contributed by atoms with E-state index in [-0.39, 0.29) is 10.8 Å². The first kappa shape index (κ1) is 17.4. The van der Waals surface area contributed by atoms with E-state index >= 15 is 0 Å². The minimum absolute atomic E-state index is 0.0889. The summed E-state index contributed by atoms with van der Waals surface area (Å²) in [6.07, 6.45) is 1.69. The minimum Gasteiger partial charge on any atom is -0.380 e. The Morgan fingerprint density at radius 3 is 2.84 bits per heavy atom. The average molecular weight is 363 g/mol. The molecule has 0 aromatic carbocycles. The molecule has 25 heavy (non-hydrogen) atoms. The van der Waals surface area contributed by atoms with Gasteiger partial charge in [0, 0.05) is 25.9 Å². The molecule has 0 unspecified atom stereocenters. The van der Waals surface area contributed by atoms with E-state index in [1.165, 1.54) is 10.6 Å². The largest absolute Gasteiger partial charge is 0.380 e. The molecule has 0 spiro atoms. The van der Waals surface area contributed by atoms with Gasteiger partial charge in [0.25, 0.3) is 0 Å². The highest BCUT2D eigenvalue weighted by Gasteiger charge is 2.16. The van der Waals surface area contributed by atoms with Crippen molar-refractivity contribution in [1.29, 1.82) is 0 Å². The molecule has 0 bridgehead atoms. The molecular weight excluding hydrogens is 344 g/mol. The molecule has 0 saturated heterocycles. The number of nitrogens with zero attached hydrogens (tertiary/aromatic N) is 5. The number of nitrogens with one attached hydrogen (secondary N) is 1. The van der Waals surface area contributed by atoms with Crippen LogP contribution in [0.15, 0.2) is 23.1 Å². The van der Waals surface area contributed by atoms with Gasteiger partial charge in [-0.1, -0.05) is 0 Å². The first-order valence-electron chi connectivity index (χ1n) is 7.91. The molecule has 0 amide bonds. The normalized spacial score (nSPS) is 11.2. The lowest BCUT2D eigenvalue weighted by molar-refractivity contribution is 0.137. The number of ether oxygens (including phenoxy) is 1. The van der Waals surface area contributed by atoms with Gasteiger partial charge in [0.15, 0.2) is 5.82 Å². The number of anilines is 2. The second-order valence-electron chi connectivity index (χ2n) is 5.54. The maximum Gasteiger partial charge on any atom is 0.250 e. The summed E-state index contributed by atoms with van der Waals surface area (Å²) in [5.41, 5.74) is 2.82. The van der Waals surface area contributed by atoms with E-state index in [0.29, 0.717) is 36.8 Å². The molecule has 3 rings (SSSR count). The fourth-order valence-electron chi connectivity index (χ4n) is 2.55. The predicted octanol–water partition coefficient (Wildman–Crippen LogP) is 2.27. The minimum atomic E-state index is -0.0889. The van der Waals surface area contributed by atoms with E-state index in [1.54, 1.807) is 24.0 Å². The number of aryl methyl sites for hydroxylation is 2. The third-order valence-corrected chi connectivity index (χ3v) is 3.90. The summed E-state index contributed by atoms with van der Waals surface area (Å²) < 4.78 is 8.71. The summed E-state index contributed by atoms with van der Waals surface area (Å²) in [4.78, 5) is 20.2. The molecule has 0 atom stereocenters. The third kappa shape index (κ3) is 3.64. The van der Waals surface area contributed by atoms with Crippen molar-refractivity contribution in [2.45, 2.75) is 20.4 Å². The van der Waals surface area contributed by atoms with Gasteiger partial charge in [-0.3, -0.25) is 9.48 Å². The third-order valence-electron chi connectivity index (χ3n) is 3.73. The maximum absolute atomic E-state index is 11.6. The van der Waals surface area contributed by atoms with E-state index in [9.17, 15) is 4.79 Å². The van der Waals surface area contributed by atoms with Gasteiger partial charge in [0.05, 0.1) is 24.5 Å². The summed E-state index contributed by atoms with van der Waals surface area (Å²) in [5.74, 6) is 0.533. The smallest absolute Gasteiger partial charge is 0.250 e. The van der Waals surface area contributed by atoms with Gasteiger partial charge in [0.1, 0.15) is 11.0 Å². The van der Waals surface area contributed by atoms with Crippen LogP contribution in [0.2, 0.25) is 5.28 Å². The number of hydrogen-bond acceptors (Lipinski definition) is 6. The Morgan fingerprint density at radius 1 is 1.32 bits per heavy atom. The van der Waals surface area contributed by atoms with Crippen LogP contribution in [0.5, 0.6) is 0 Å². The van der Waals surface area contributed by atoms with Gasteiger partial charge >= 0.3 is 0 Å². The Hall–Kier alpha value is -2.45. The Kier molecular flexibility index (Phi) is 5.00. The molecular formula is C16H19ClN6O2. The second-order valence-corrected chi connectivity index (χ2v) is 5.87. The van der Waals surface area contributed by atoms with Crippen molar-refractivity contribution in [3.05, 3.63) is 39.7 Å². The highest BCUT2D eigenvalue weighted by atomic mass is 35.5. The van der Waals surface area contributed by atoms with Crippen molar-refractivity contribution in [2.24, 2.45) is 7.05 Å². The molecule has 1 N–H and O–H groups in total. The fraction of sp³-hybridized carbons (Fsp3) is 0.375. The van der Waals surface area contributed by atoms with E-state index in [0.717, 1.165) is 11.2 Å². The van der Waals surface area contributed by atoms with Crippen molar-refractivity contribution >= 4 is 34.1 Å². The monoisotopic (exact) mass is 362 g/mol. The molecule has 0 saturated carbocycles. The lowest BCUT2D eigenvalue weighted by Gasteiger charge is -2.10. The molecule has 3 heterocycles. The topological polar surface area (TPSA) is 86.9 Å². The molecule has 0 fully saturated rings. The van der Waals surface area contributed by atoms with Gasteiger partial charge in [-0.15, -0.1) is 0 Å². The van der Waals surface area contributed by atoms with Gasteiger partial charge < -0.3 is 14.6 Å². The molecule has 0 aliphatic heterocycles. The van der Waals surface area contributed by atoms with E-state index in [1.807, 2.05) is 13.8 Å². The molecule has 8 nitrogen and oxygen atoms in total. The number of halogens is 1. The zero-order chi connectivity index (χ0) is 18.0. The van der Waals surface area contributed by atoms with Crippen LogP contribution < -0.4 is 10.9 Å². The Morgan fingerprint density at radius 2 is 2.12 bits per heavy atom. The number of rotatable bonds is 6.